The summed E-state index contributed by atoms with van der Waals surface area (Å²) in [6.07, 6.45) is 5.76. The molecule has 2 aromatic rings. The van der Waals surface area contributed by atoms with E-state index in [4.69, 9.17) is 9.72 Å². The van der Waals surface area contributed by atoms with E-state index in [0.717, 1.165) is 73.0 Å². The standard InChI is InChI=1S/C23H35N7O2/c1-6-19-18(13-27-23(31)20-14-25-15(3)12-26-20)21(28-17-8-10-32-11-9-17)16(4)22(29-19)30(7-2)24-5/h12,14,17,24H,6-11,13H2,1-5H3,(H,27,31)(H,28,29). The summed E-state index contributed by atoms with van der Waals surface area (Å²) in [6.45, 7) is 10.8. The van der Waals surface area contributed by atoms with Crippen LogP contribution in [0.5, 0.6) is 0 Å². The first kappa shape index (κ1) is 23.9. The van der Waals surface area contributed by atoms with Gasteiger partial charge >= 0.3 is 0 Å². The molecule has 9 nitrogen and oxygen atoms in total. The van der Waals surface area contributed by atoms with Gasteiger partial charge in [-0.3, -0.25) is 14.8 Å². The van der Waals surface area contributed by atoms with Gasteiger partial charge in [0.15, 0.2) is 0 Å². The number of aryl methyl sites for hydroxylation is 2. The summed E-state index contributed by atoms with van der Waals surface area (Å²) in [5, 5.41) is 8.80. The van der Waals surface area contributed by atoms with Crippen molar-refractivity contribution in [3.63, 3.8) is 0 Å². The molecule has 0 radical (unpaired) electrons. The van der Waals surface area contributed by atoms with Crippen LogP contribution in [-0.2, 0) is 17.7 Å². The van der Waals surface area contributed by atoms with Crippen molar-refractivity contribution in [1.29, 1.82) is 0 Å². The summed E-state index contributed by atoms with van der Waals surface area (Å²) in [5.74, 6) is 0.657. The molecule has 1 saturated heterocycles. The lowest BCUT2D eigenvalue weighted by Gasteiger charge is -2.30. The molecule has 1 aliphatic heterocycles. The van der Waals surface area contributed by atoms with E-state index in [1.54, 1.807) is 6.20 Å². The molecule has 32 heavy (non-hydrogen) atoms. The number of nitrogens with zero attached hydrogens (tertiary/aromatic N) is 4. The Balaban J connectivity index is 1.94. The Morgan fingerprint density at radius 2 is 1.94 bits per heavy atom. The first-order valence-corrected chi connectivity index (χ1v) is 11.4. The van der Waals surface area contributed by atoms with Crippen LogP contribution in [0.15, 0.2) is 12.4 Å². The highest BCUT2D eigenvalue weighted by molar-refractivity contribution is 5.92. The summed E-state index contributed by atoms with van der Waals surface area (Å²) in [7, 11) is 1.90. The van der Waals surface area contributed by atoms with Crippen molar-refractivity contribution in [2.45, 2.75) is 59.5 Å². The van der Waals surface area contributed by atoms with Crippen molar-refractivity contribution >= 4 is 17.4 Å². The van der Waals surface area contributed by atoms with E-state index >= 15 is 0 Å². The number of carbonyl (C=O) groups excluding carboxylic acids is 1. The Morgan fingerprint density at radius 1 is 1.19 bits per heavy atom. The van der Waals surface area contributed by atoms with Crippen molar-refractivity contribution in [1.82, 2.24) is 25.7 Å². The Morgan fingerprint density at radius 3 is 2.53 bits per heavy atom. The predicted molar refractivity (Wildman–Crippen MR) is 126 cm³/mol. The number of hydrogen-bond donors (Lipinski definition) is 3. The van der Waals surface area contributed by atoms with Gasteiger partial charge in [-0.05, 0) is 40.0 Å². The highest BCUT2D eigenvalue weighted by Crippen LogP contribution is 2.32. The number of aromatic nitrogens is 3. The molecule has 174 valence electrons. The number of amides is 1. The third-order valence-electron chi connectivity index (χ3n) is 5.79. The van der Waals surface area contributed by atoms with Gasteiger partial charge in [0.25, 0.3) is 5.91 Å². The van der Waals surface area contributed by atoms with Gasteiger partial charge < -0.3 is 15.4 Å². The van der Waals surface area contributed by atoms with Crippen LogP contribution in [-0.4, -0.2) is 53.7 Å². The lowest BCUT2D eigenvalue weighted by molar-refractivity contribution is 0.0904. The van der Waals surface area contributed by atoms with E-state index in [0.29, 0.717) is 18.3 Å². The largest absolute Gasteiger partial charge is 0.381 e. The average molecular weight is 442 g/mol. The molecule has 3 heterocycles. The van der Waals surface area contributed by atoms with E-state index in [1.807, 2.05) is 19.0 Å². The summed E-state index contributed by atoms with van der Waals surface area (Å²) >= 11 is 0. The normalized spacial score (nSPS) is 14.3. The van der Waals surface area contributed by atoms with Crippen molar-refractivity contribution in [2.75, 3.05) is 37.1 Å². The maximum Gasteiger partial charge on any atom is 0.271 e. The molecule has 0 aliphatic carbocycles. The predicted octanol–water partition coefficient (Wildman–Crippen LogP) is 2.53. The van der Waals surface area contributed by atoms with Gasteiger partial charge in [0.1, 0.15) is 11.5 Å². The summed E-state index contributed by atoms with van der Waals surface area (Å²) in [5.41, 5.74) is 8.39. The van der Waals surface area contributed by atoms with Crippen LogP contribution in [0.2, 0.25) is 0 Å². The van der Waals surface area contributed by atoms with E-state index < -0.39 is 0 Å². The summed E-state index contributed by atoms with van der Waals surface area (Å²) in [6, 6.07) is 0.324. The van der Waals surface area contributed by atoms with Crippen molar-refractivity contribution < 1.29 is 9.53 Å². The van der Waals surface area contributed by atoms with E-state index in [1.165, 1.54) is 6.20 Å². The first-order valence-electron chi connectivity index (χ1n) is 11.4. The Kier molecular flexibility index (Phi) is 8.35. The Bertz CT molecular complexity index is 908. The third kappa shape index (κ3) is 5.52. The monoisotopic (exact) mass is 441 g/mol. The fraction of sp³-hybridized carbons (Fsp3) is 0.565. The highest BCUT2D eigenvalue weighted by atomic mass is 16.5. The van der Waals surface area contributed by atoms with Gasteiger partial charge in [0.2, 0.25) is 0 Å². The van der Waals surface area contributed by atoms with E-state index in [-0.39, 0.29) is 5.91 Å². The second-order valence-corrected chi connectivity index (χ2v) is 7.94. The third-order valence-corrected chi connectivity index (χ3v) is 5.79. The molecule has 0 spiro atoms. The summed E-state index contributed by atoms with van der Waals surface area (Å²) < 4.78 is 5.54. The maximum atomic E-state index is 12.7. The molecule has 1 fully saturated rings. The number of carbonyl (C=O) groups is 1. The minimum absolute atomic E-state index is 0.247. The zero-order valence-corrected chi connectivity index (χ0v) is 19.8. The van der Waals surface area contributed by atoms with E-state index in [9.17, 15) is 4.79 Å². The maximum absolute atomic E-state index is 12.7. The van der Waals surface area contributed by atoms with Crippen LogP contribution in [0, 0.1) is 13.8 Å². The number of ether oxygens (including phenoxy) is 1. The fourth-order valence-electron chi connectivity index (χ4n) is 3.93. The number of anilines is 2. The SMILES string of the molecule is CCc1nc(N(CC)NC)c(C)c(NC2CCOCC2)c1CNC(=O)c1cnc(C)cn1. The molecular weight excluding hydrogens is 406 g/mol. The molecule has 2 aromatic heterocycles. The van der Waals surface area contributed by atoms with Gasteiger partial charge in [0.05, 0.1) is 11.9 Å². The molecule has 0 atom stereocenters. The second-order valence-electron chi connectivity index (χ2n) is 7.94. The molecule has 3 N–H and O–H groups in total. The van der Waals surface area contributed by atoms with Crippen LogP contribution in [0.25, 0.3) is 0 Å². The highest BCUT2D eigenvalue weighted by Gasteiger charge is 2.23. The van der Waals surface area contributed by atoms with Crippen LogP contribution < -0.4 is 21.1 Å². The zero-order valence-electron chi connectivity index (χ0n) is 19.8. The topological polar surface area (TPSA) is 104 Å². The van der Waals surface area contributed by atoms with Gasteiger partial charge in [-0.15, -0.1) is 0 Å². The number of hydrogen-bond acceptors (Lipinski definition) is 8. The first-order chi connectivity index (χ1) is 15.5. The van der Waals surface area contributed by atoms with Crippen LogP contribution in [0.4, 0.5) is 11.5 Å². The number of rotatable bonds is 9. The van der Waals surface area contributed by atoms with Gasteiger partial charge in [0, 0.05) is 68.1 Å². The van der Waals surface area contributed by atoms with Crippen LogP contribution in [0.1, 0.15) is 59.7 Å². The van der Waals surface area contributed by atoms with E-state index in [2.05, 4.69) is 46.8 Å². The zero-order chi connectivity index (χ0) is 23.1. The van der Waals surface area contributed by atoms with Crippen LogP contribution >= 0.6 is 0 Å². The smallest absolute Gasteiger partial charge is 0.271 e. The molecule has 1 amide bonds. The number of hydrazine groups is 1. The Labute approximate surface area is 190 Å². The van der Waals surface area contributed by atoms with Crippen molar-refractivity contribution in [2.24, 2.45) is 0 Å². The lowest BCUT2D eigenvalue weighted by Crippen LogP contribution is -2.37. The minimum atomic E-state index is -0.247. The van der Waals surface area contributed by atoms with Crippen molar-refractivity contribution in [3.8, 4) is 0 Å². The number of nitrogens with one attached hydrogen (secondary N) is 3. The average Bonchev–Trinajstić information content (AvgIpc) is 2.82. The molecule has 0 bridgehead atoms. The van der Waals surface area contributed by atoms with Gasteiger partial charge in [-0.1, -0.05) is 6.92 Å². The second kappa shape index (κ2) is 11.2. The van der Waals surface area contributed by atoms with Crippen molar-refractivity contribution in [3.05, 3.63) is 40.6 Å². The molecule has 0 saturated carbocycles. The molecular formula is C23H35N7O2. The molecule has 3 rings (SSSR count). The quantitative estimate of drug-likeness (QED) is 0.510. The molecule has 0 unspecified atom stereocenters. The Hall–Kier alpha value is -2.78. The minimum Gasteiger partial charge on any atom is -0.381 e. The summed E-state index contributed by atoms with van der Waals surface area (Å²) in [4.78, 5) is 26.0. The lowest BCUT2D eigenvalue weighted by atomic mass is 10.0. The molecule has 0 aromatic carbocycles. The fourth-order valence-corrected chi connectivity index (χ4v) is 3.93. The van der Waals surface area contributed by atoms with Gasteiger partial charge in [-0.25, -0.2) is 15.4 Å². The molecule has 1 aliphatic rings. The van der Waals surface area contributed by atoms with Crippen LogP contribution in [0.3, 0.4) is 0 Å². The number of pyridine rings is 1. The van der Waals surface area contributed by atoms with Gasteiger partial charge in [-0.2, -0.15) is 0 Å². The molecule has 9 heteroatoms.